The molecule has 1 aliphatic heterocycles. The van der Waals surface area contributed by atoms with Gasteiger partial charge in [0.15, 0.2) is 0 Å². The first kappa shape index (κ1) is 11.2. The minimum atomic E-state index is -0.292. The molecule has 1 saturated carbocycles. The number of nitrogens with zero attached hydrogens (tertiary/aromatic N) is 2. The van der Waals surface area contributed by atoms with Crippen molar-refractivity contribution < 1.29 is 9.59 Å². The van der Waals surface area contributed by atoms with Gasteiger partial charge in [-0.3, -0.25) is 14.7 Å². The van der Waals surface area contributed by atoms with Crippen LogP contribution in [-0.4, -0.2) is 39.6 Å². The number of carbonyl (C=O) groups is 2. The Morgan fingerprint density at radius 2 is 2.22 bits per heavy atom. The summed E-state index contributed by atoms with van der Waals surface area (Å²) in [5.41, 5.74) is 0. The maximum atomic E-state index is 11.8. The third-order valence-corrected chi connectivity index (χ3v) is 3.26. The molecule has 7 heteroatoms. The average molecular weight is 249 g/mol. The Morgan fingerprint density at radius 1 is 1.39 bits per heavy atom. The summed E-state index contributed by atoms with van der Waals surface area (Å²) >= 11 is 0. The van der Waals surface area contributed by atoms with Crippen molar-refractivity contribution in [2.24, 2.45) is 0 Å². The fraction of sp³-hybridized carbons (Fsp3) is 0.636. The number of aromatic nitrogens is 3. The summed E-state index contributed by atoms with van der Waals surface area (Å²) in [6, 6.07) is 0.0308. The van der Waals surface area contributed by atoms with Crippen LogP contribution >= 0.6 is 0 Å². The Labute approximate surface area is 104 Å². The van der Waals surface area contributed by atoms with E-state index in [-0.39, 0.29) is 23.7 Å². The number of H-pyrrole nitrogens is 1. The third kappa shape index (κ3) is 2.34. The van der Waals surface area contributed by atoms with Gasteiger partial charge in [0.2, 0.25) is 11.7 Å². The van der Waals surface area contributed by atoms with Gasteiger partial charge in [0.05, 0.1) is 0 Å². The summed E-state index contributed by atoms with van der Waals surface area (Å²) in [5, 5.41) is 12.2. The van der Waals surface area contributed by atoms with Crippen LogP contribution < -0.4 is 10.6 Å². The van der Waals surface area contributed by atoms with Crippen molar-refractivity contribution in [3.05, 3.63) is 11.6 Å². The first-order chi connectivity index (χ1) is 8.72. The molecule has 0 bridgehead atoms. The molecule has 96 valence electrons. The van der Waals surface area contributed by atoms with Gasteiger partial charge >= 0.3 is 0 Å². The van der Waals surface area contributed by atoms with Crippen molar-refractivity contribution in [1.29, 1.82) is 0 Å². The lowest BCUT2D eigenvalue weighted by molar-refractivity contribution is -0.119. The van der Waals surface area contributed by atoms with Crippen LogP contribution in [0.4, 0.5) is 0 Å². The molecule has 1 atom stereocenters. The lowest BCUT2D eigenvalue weighted by atomic mass is 10.2. The average Bonchev–Trinajstić information content (AvgIpc) is 2.94. The van der Waals surface area contributed by atoms with Gasteiger partial charge in [0, 0.05) is 24.9 Å². The van der Waals surface area contributed by atoms with E-state index in [2.05, 4.69) is 25.8 Å². The second-order valence-electron chi connectivity index (χ2n) is 4.83. The smallest absolute Gasteiger partial charge is 0.291 e. The maximum Gasteiger partial charge on any atom is 0.291 e. The summed E-state index contributed by atoms with van der Waals surface area (Å²) in [6.07, 6.45) is 3.53. The summed E-state index contributed by atoms with van der Waals surface area (Å²) in [4.78, 5) is 26.9. The van der Waals surface area contributed by atoms with E-state index in [0.717, 1.165) is 25.1 Å². The molecule has 0 spiro atoms. The van der Waals surface area contributed by atoms with Crippen LogP contribution in [0.15, 0.2) is 0 Å². The SMILES string of the molecule is O=C1CCC(CNC(=O)c2n[nH]c(C3CC3)n2)N1. The van der Waals surface area contributed by atoms with Crippen LogP contribution in [0.5, 0.6) is 0 Å². The Kier molecular flexibility index (Phi) is 2.73. The van der Waals surface area contributed by atoms with Gasteiger partial charge in [-0.25, -0.2) is 4.98 Å². The molecule has 7 nitrogen and oxygen atoms in total. The molecule has 2 amide bonds. The first-order valence-electron chi connectivity index (χ1n) is 6.22. The van der Waals surface area contributed by atoms with E-state index in [1.807, 2.05) is 0 Å². The van der Waals surface area contributed by atoms with E-state index in [4.69, 9.17) is 0 Å². The fourth-order valence-corrected chi connectivity index (χ4v) is 2.04. The number of hydrogen-bond acceptors (Lipinski definition) is 4. The van der Waals surface area contributed by atoms with E-state index < -0.39 is 0 Å². The predicted molar refractivity (Wildman–Crippen MR) is 61.9 cm³/mol. The minimum Gasteiger partial charge on any atom is -0.352 e. The number of aromatic amines is 1. The Morgan fingerprint density at radius 3 is 2.89 bits per heavy atom. The Bertz CT molecular complexity index is 480. The van der Waals surface area contributed by atoms with Crippen LogP contribution in [0.25, 0.3) is 0 Å². The van der Waals surface area contributed by atoms with Crippen molar-refractivity contribution in [3.63, 3.8) is 0 Å². The highest BCUT2D eigenvalue weighted by atomic mass is 16.2. The molecule has 1 aromatic heterocycles. The molecule has 2 aliphatic rings. The topological polar surface area (TPSA) is 99.8 Å². The van der Waals surface area contributed by atoms with Gasteiger partial charge in [-0.05, 0) is 19.3 Å². The summed E-state index contributed by atoms with van der Waals surface area (Å²) < 4.78 is 0. The summed E-state index contributed by atoms with van der Waals surface area (Å²) in [6.45, 7) is 0.428. The predicted octanol–water partition coefficient (Wildman–Crippen LogP) is -0.310. The number of carbonyl (C=O) groups excluding carboxylic acids is 2. The van der Waals surface area contributed by atoms with Gasteiger partial charge in [-0.1, -0.05) is 0 Å². The lowest BCUT2D eigenvalue weighted by Gasteiger charge is -2.09. The van der Waals surface area contributed by atoms with Crippen molar-refractivity contribution >= 4 is 11.8 Å². The van der Waals surface area contributed by atoms with E-state index in [9.17, 15) is 9.59 Å². The van der Waals surface area contributed by atoms with E-state index in [1.165, 1.54) is 0 Å². The Balaban J connectivity index is 1.52. The monoisotopic (exact) mass is 249 g/mol. The number of hydrogen-bond donors (Lipinski definition) is 3. The lowest BCUT2D eigenvalue weighted by Crippen LogP contribution is -2.38. The Hall–Kier alpha value is -1.92. The second kappa shape index (κ2) is 4.40. The van der Waals surface area contributed by atoms with Crippen LogP contribution in [-0.2, 0) is 4.79 Å². The van der Waals surface area contributed by atoms with Crippen molar-refractivity contribution in [2.75, 3.05) is 6.54 Å². The van der Waals surface area contributed by atoms with Crippen molar-refractivity contribution in [1.82, 2.24) is 25.8 Å². The van der Waals surface area contributed by atoms with E-state index in [1.54, 1.807) is 0 Å². The van der Waals surface area contributed by atoms with Gasteiger partial charge < -0.3 is 10.6 Å². The van der Waals surface area contributed by atoms with Gasteiger partial charge in [-0.15, -0.1) is 5.10 Å². The molecule has 1 aromatic rings. The normalized spacial score (nSPS) is 22.9. The maximum absolute atomic E-state index is 11.8. The summed E-state index contributed by atoms with van der Waals surface area (Å²) in [5.74, 6) is 1.19. The molecule has 1 aliphatic carbocycles. The standard InChI is InChI=1S/C11H15N5O2/c17-8-4-3-7(13-8)5-12-11(18)10-14-9(15-16-10)6-1-2-6/h6-7H,1-5H2,(H,12,18)(H,13,17)(H,14,15,16). The molecule has 0 aromatic carbocycles. The van der Waals surface area contributed by atoms with Gasteiger partial charge in [-0.2, -0.15) is 0 Å². The molecule has 18 heavy (non-hydrogen) atoms. The van der Waals surface area contributed by atoms with Crippen molar-refractivity contribution in [2.45, 2.75) is 37.6 Å². The second-order valence-corrected chi connectivity index (χ2v) is 4.83. The van der Waals surface area contributed by atoms with Gasteiger partial charge in [0.1, 0.15) is 5.82 Å². The summed E-state index contributed by atoms with van der Waals surface area (Å²) in [7, 11) is 0. The van der Waals surface area contributed by atoms with E-state index in [0.29, 0.717) is 18.9 Å². The van der Waals surface area contributed by atoms with E-state index >= 15 is 0 Å². The van der Waals surface area contributed by atoms with Crippen LogP contribution in [0.3, 0.4) is 0 Å². The minimum absolute atomic E-state index is 0.0308. The zero-order valence-corrected chi connectivity index (χ0v) is 9.90. The molecule has 3 N–H and O–H groups in total. The molecular formula is C11H15N5O2. The molecule has 2 heterocycles. The zero-order valence-electron chi connectivity index (χ0n) is 9.90. The molecule has 1 saturated heterocycles. The molecule has 0 radical (unpaired) electrons. The highest BCUT2D eigenvalue weighted by molar-refractivity contribution is 5.90. The first-order valence-corrected chi connectivity index (χ1v) is 6.22. The van der Waals surface area contributed by atoms with Crippen LogP contribution in [0, 0.1) is 0 Å². The number of amides is 2. The molecular weight excluding hydrogens is 234 g/mol. The third-order valence-electron chi connectivity index (χ3n) is 3.26. The van der Waals surface area contributed by atoms with Crippen molar-refractivity contribution in [3.8, 4) is 0 Å². The zero-order chi connectivity index (χ0) is 12.5. The molecule has 3 rings (SSSR count). The number of nitrogens with one attached hydrogen (secondary N) is 3. The highest BCUT2D eigenvalue weighted by Gasteiger charge is 2.28. The van der Waals surface area contributed by atoms with Gasteiger partial charge in [0.25, 0.3) is 5.91 Å². The number of rotatable bonds is 4. The molecule has 1 unspecified atom stereocenters. The quantitative estimate of drug-likeness (QED) is 0.681. The van der Waals surface area contributed by atoms with Crippen LogP contribution in [0.2, 0.25) is 0 Å². The highest BCUT2D eigenvalue weighted by Crippen LogP contribution is 2.37. The van der Waals surface area contributed by atoms with Crippen LogP contribution in [0.1, 0.15) is 48.0 Å². The fourth-order valence-electron chi connectivity index (χ4n) is 2.04. The molecule has 2 fully saturated rings. The largest absolute Gasteiger partial charge is 0.352 e.